The number of methoxy groups -OCH3 is 2. The minimum atomic E-state index is -0.987. The van der Waals surface area contributed by atoms with Crippen LogP contribution in [-0.4, -0.2) is 74.3 Å². The summed E-state index contributed by atoms with van der Waals surface area (Å²) in [6, 6.07) is 13.7. The number of hydrogen-bond donors (Lipinski definition) is 2. The zero-order valence-corrected chi connectivity index (χ0v) is 28.4. The van der Waals surface area contributed by atoms with Gasteiger partial charge in [0.1, 0.15) is 30.1 Å². The molecule has 1 aliphatic rings. The van der Waals surface area contributed by atoms with Gasteiger partial charge in [-0.1, -0.05) is 56.7 Å². The van der Waals surface area contributed by atoms with Crippen LogP contribution in [0.3, 0.4) is 0 Å². The summed E-state index contributed by atoms with van der Waals surface area (Å²) in [6.07, 6.45) is 7.80. The van der Waals surface area contributed by atoms with Crippen molar-refractivity contribution < 1.29 is 38.6 Å². The van der Waals surface area contributed by atoms with Crippen molar-refractivity contribution in [3.8, 4) is 11.5 Å². The SMILES string of the molecule is COC(=O)C1=C(C)N=C(C)C(C(=O)OC)C1c1cc([N+](=O)[O-])ccc1OCCCCCCCCCCNCC(O)COc1ccccc1. The van der Waals surface area contributed by atoms with Crippen molar-refractivity contribution in [1.29, 1.82) is 0 Å². The first kappa shape index (κ1) is 38.2. The van der Waals surface area contributed by atoms with Gasteiger partial charge in [0.05, 0.1) is 31.3 Å². The van der Waals surface area contributed by atoms with Gasteiger partial charge in [-0.05, 0) is 51.4 Å². The summed E-state index contributed by atoms with van der Waals surface area (Å²) < 4.78 is 21.8. The average Bonchev–Trinajstić information content (AvgIpc) is 3.08. The number of aliphatic hydroxyl groups excluding tert-OH is 1. The number of rotatable bonds is 21. The van der Waals surface area contributed by atoms with Gasteiger partial charge in [-0.15, -0.1) is 0 Å². The van der Waals surface area contributed by atoms with E-state index in [0.717, 1.165) is 63.7 Å². The molecule has 48 heavy (non-hydrogen) atoms. The fraction of sp³-hybridized carbons (Fsp3) is 0.528. The number of ether oxygens (including phenoxy) is 4. The number of hydrogen-bond acceptors (Lipinski definition) is 11. The number of nitro groups is 1. The van der Waals surface area contributed by atoms with Gasteiger partial charge in [0.15, 0.2) is 0 Å². The number of carbonyl (C=O) groups excluding carboxylic acids is 2. The first-order valence-corrected chi connectivity index (χ1v) is 16.6. The standard InChI is InChI=1S/C36H49N3O9/c1-25-32(35(41)45-3)34(33(26(2)38-25)36(42)46-4)30-22-27(39(43)44)18-19-31(30)47-21-15-10-8-6-5-7-9-14-20-37-23-28(40)24-48-29-16-12-11-13-17-29/h11-13,16-19,22,28,32,34,37,40H,5-10,14-15,20-21,23-24H2,1-4H3. The Kier molecular flexibility index (Phi) is 16.0. The normalized spacial score (nSPS) is 16.6. The Hall–Kier alpha value is -4.29. The van der Waals surface area contributed by atoms with Crippen molar-refractivity contribution in [2.45, 2.75) is 77.2 Å². The van der Waals surface area contributed by atoms with Crippen molar-refractivity contribution in [1.82, 2.24) is 5.32 Å². The summed E-state index contributed by atoms with van der Waals surface area (Å²) in [7, 11) is 2.48. The molecule has 2 aromatic carbocycles. The van der Waals surface area contributed by atoms with Crippen molar-refractivity contribution in [3.05, 3.63) is 75.5 Å². The van der Waals surface area contributed by atoms with Gasteiger partial charge in [-0.2, -0.15) is 0 Å². The maximum Gasteiger partial charge on any atom is 0.336 e. The van der Waals surface area contributed by atoms with Crippen molar-refractivity contribution in [2.75, 3.05) is 40.5 Å². The highest BCUT2D eigenvalue weighted by Crippen LogP contribution is 2.44. The van der Waals surface area contributed by atoms with E-state index in [2.05, 4.69) is 10.3 Å². The molecule has 1 heterocycles. The summed E-state index contributed by atoms with van der Waals surface area (Å²) in [6.45, 7) is 5.29. The molecule has 3 atom stereocenters. The zero-order chi connectivity index (χ0) is 34.9. The molecule has 262 valence electrons. The number of unbranched alkanes of at least 4 members (excludes halogenated alkanes) is 7. The van der Waals surface area contributed by atoms with Gasteiger partial charge in [0, 0.05) is 41.6 Å². The molecule has 0 amide bonds. The smallest absolute Gasteiger partial charge is 0.336 e. The van der Waals surface area contributed by atoms with E-state index in [0.29, 0.717) is 35.9 Å². The van der Waals surface area contributed by atoms with Crippen LogP contribution in [0.2, 0.25) is 0 Å². The van der Waals surface area contributed by atoms with Gasteiger partial charge < -0.3 is 29.4 Å². The van der Waals surface area contributed by atoms with Gasteiger partial charge in [-0.3, -0.25) is 19.9 Å². The Labute approximate surface area is 282 Å². The molecule has 0 saturated heterocycles. The molecule has 3 rings (SSSR count). The van der Waals surface area contributed by atoms with E-state index in [1.54, 1.807) is 13.8 Å². The van der Waals surface area contributed by atoms with Crippen LogP contribution in [-0.2, 0) is 19.1 Å². The molecule has 0 aliphatic carbocycles. The molecule has 0 bridgehead atoms. The number of para-hydroxylation sites is 1. The van der Waals surface area contributed by atoms with Gasteiger partial charge in [-0.25, -0.2) is 4.79 Å². The number of non-ortho nitro benzene ring substituents is 1. The number of aliphatic hydroxyl groups is 1. The molecule has 12 heteroatoms. The highest BCUT2D eigenvalue weighted by molar-refractivity contribution is 6.07. The second kappa shape index (κ2) is 20.2. The fourth-order valence-electron chi connectivity index (χ4n) is 5.84. The summed E-state index contributed by atoms with van der Waals surface area (Å²) in [5, 5.41) is 25.1. The van der Waals surface area contributed by atoms with E-state index < -0.39 is 34.8 Å². The summed E-state index contributed by atoms with van der Waals surface area (Å²) in [5.74, 6) is -2.12. The largest absolute Gasteiger partial charge is 0.493 e. The third-order valence-electron chi connectivity index (χ3n) is 8.30. The first-order chi connectivity index (χ1) is 23.2. The van der Waals surface area contributed by atoms with E-state index in [1.807, 2.05) is 30.3 Å². The maximum absolute atomic E-state index is 12.9. The minimum absolute atomic E-state index is 0.130. The molecule has 0 saturated carbocycles. The first-order valence-electron chi connectivity index (χ1n) is 16.6. The summed E-state index contributed by atoms with van der Waals surface area (Å²) >= 11 is 0. The number of benzene rings is 2. The Morgan fingerprint density at radius 3 is 2.25 bits per heavy atom. The van der Waals surface area contributed by atoms with Crippen LogP contribution in [0.25, 0.3) is 0 Å². The topological polar surface area (TPSA) is 159 Å². The summed E-state index contributed by atoms with van der Waals surface area (Å²) in [5.41, 5.74) is 1.06. The Balaban J connectivity index is 1.43. The minimum Gasteiger partial charge on any atom is -0.493 e. The average molecular weight is 668 g/mol. The van der Waals surface area contributed by atoms with E-state index >= 15 is 0 Å². The molecule has 0 fully saturated rings. The van der Waals surface area contributed by atoms with Crippen LogP contribution >= 0.6 is 0 Å². The van der Waals surface area contributed by atoms with Gasteiger partial charge >= 0.3 is 11.9 Å². The lowest BCUT2D eigenvalue weighted by atomic mass is 9.75. The van der Waals surface area contributed by atoms with Crippen LogP contribution in [0.5, 0.6) is 11.5 Å². The van der Waals surface area contributed by atoms with E-state index in [9.17, 15) is 24.8 Å². The van der Waals surface area contributed by atoms with Crippen LogP contribution in [0.1, 0.15) is 76.7 Å². The third-order valence-corrected chi connectivity index (χ3v) is 8.30. The van der Waals surface area contributed by atoms with Crippen LogP contribution < -0.4 is 14.8 Å². The van der Waals surface area contributed by atoms with Crippen LogP contribution in [0.15, 0.2) is 64.8 Å². The number of nitrogens with zero attached hydrogens (tertiary/aromatic N) is 2. The lowest BCUT2D eigenvalue weighted by molar-refractivity contribution is -0.385. The van der Waals surface area contributed by atoms with Crippen LogP contribution in [0, 0.1) is 16.0 Å². The van der Waals surface area contributed by atoms with Crippen LogP contribution in [0.4, 0.5) is 5.69 Å². The monoisotopic (exact) mass is 667 g/mol. The number of nitro benzene ring substituents is 1. The third kappa shape index (κ3) is 11.4. The lowest BCUT2D eigenvalue weighted by Crippen LogP contribution is -2.36. The Morgan fingerprint density at radius 2 is 1.60 bits per heavy atom. The van der Waals surface area contributed by atoms with Gasteiger partial charge in [0.2, 0.25) is 0 Å². The second-order valence-corrected chi connectivity index (χ2v) is 11.9. The van der Waals surface area contributed by atoms with E-state index in [-0.39, 0.29) is 17.9 Å². The van der Waals surface area contributed by atoms with E-state index in [4.69, 9.17) is 18.9 Å². The lowest BCUT2D eigenvalue weighted by Gasteiger charge is -2.31. The Morgan fingerprint density at radius 1 is 0.938 bits per heavy atom. The van der Waals surface area contributed by atoms with Gasteiger partial charge in [0.25, 0.3) is 5.69 Å². The molecule has 1 aliphatic heterocycles. The highest BCUT2D eigenvalue weighted by atomic mass is 16.6. The molecule has 0 aromatic heterocycles. The molecule has 0 spiro atoms. The number of carbonyl (C=O) groups is 2. The molecule has 3 unspecified atom stereocenters. The number of esters is 2. The molecular weight excluding hydrogens is 618 g/mol. The molecule has 0 radical (unpaired) electrons. The van der Waals surface area contributed by atoms with E-state index in [1.165, 1.54) is 32.4 Å². The number of aliphatic imine (C=N–C) groups is 1. The highest BCUT2D eigenvalue weighted by Gasteiger charge is 2.43. The molecule has 12 nitrogen and oxygen atoms in total. The fourth-order valence-corrected chi connectivity index (χ4v) is 5.84. The predicted octanol–water partition coefficient (Wildman–Crippen LogP) is 5.92. The molecular formula is C36H49N3O9. The quantitative estimate of drug-likeness (QED) is 0.0709. The predicted molar refractivity (Wildman–Crippen MR) is 182 cm³/mol. The zero-order valence-electron chi connectivity index (χ0n) is 28.4. The molecule has 2 aromatic rings. The molecule has 2 N–H and O–H groups in total. The second-order valence-electron chi connectivity index (χ2n) is 11.9. The number of allylic oxidation sites excluding steroid dienone is 1. The van der Waals surface area contributed by atoms with Crippen molar-refractivity contribution in [3.63, 3.8) is 0 Å². The van der Waals surface area contributed by atoms with Crippen molar-refractivity contribution >= 4 is 23.3 Å². The Bertz CT molecular complexity index is 1410. The summed E-state index contributed by atoms with van der Waals surface area (Å²) in [4.78, 5) is 41.5. The van der Waals surface area contributed by atoms with Crippen molar-refractivity contribution in [2.24, 2.45) is 10.9 Å². The maximum atomic E-state index is 12.9. The number of nitrogens with one attached hydrogen (secondary N) is 1.